The van der Waals surface area contributed by atoms with Crippen molar-refractivity contribution >= 4 is 39.0 Å². The number of nitrogens with zero attached hydrogens (tertiary/aromatic N) is 1. The molecule has 0 fully saturated rings. The minimum absolute atomic E-state index is 0.164. The van der Waals surface area contributed by atoms with Gasteiger partial charge >= 0.3 is 0 Å². The summed E-state index contributed by atoms with van der Waals surface area (Å²) in [7, 11) is 0. The molecule has 0 radical (unpaired) electrons. The van der Waals surface area contributed by atoms with E-state index in [4.69, 9.17) is 4.42 Å². The third-order valence-corrected chi connectivity index (χ3v) is 13.9. The van der Waals surface area contributed by atoms with E-state index in [2.05, 4.69) is 219 Å². The zero-order valence-electron chi connectivity index (χ0n) is 33.4. The Morgan fingerprint density at radius 1 is 0.383 bits per heavy atom. The molecule has 3 aliphatic rings. The Morgan fingerprint density at radius 3 is 1.70 bits per heavy atom. The van der Waals surface area contributed by atoms with E-state index in [0.29, 0.717) is 0 Å². The highest BCUT2D eigenvalue weighted by atomic mass is 16.3. The van der Waals surface area contributed by atoms with Gasteiger partial charge in [-0.05, 0) is 115 Å². The van der Waals surface area contributed by atoms with E-state index in [1.165, 1.54) is 77.9 Å². The summed E-state index contributed by atoms with van der Waals surface area (Å²) in [5, 5.41) is 2.22. The smallest absolute Gasteiger partial charge is 0.137 e. The van der Waals surface area contributed by atoms with E-state index in [1.807, 2.05) is 0 Å². The van der Waals surface area contributed by atoms with E-state index in [-0.39, 0.29) is 5.41 Å². The van der Waals surface area contributed by atoms with Gasteiger partial charge < -0.3 is 9.32 Å². The number of fused-ring (bicyclic) bond motifs is 16. The maximum Gasteiger partial charge on any atom is 0.137 e. The molecular formula is C58H39NO. The lowest BCUT2D eigenvalue weighted by atomic mass is 9.70. The van der Waals surface area contributed by atoms with Gasteiger partial charge in [-0.1, -0.05) is 172 Å². The first-order valence-electron chi connectivity index (χ1n) is 21.0. The third kappa shape index (κ3) is 4.27. The van der Waals surface area contributed by atoms with Crippen LogP contribution in [0.25, 0.3) is 66.4 Å². The molecule has 1 spiro atoms. The summed E-state index contributed by atoms with van der Waals surface area (Å²) in [5.41, 5.74) is 22.3. The Morgan fingerprint density at radius 2 is 0.967 bits per heavy atom. The average molecular weight is 766 g/mol. The number of hydrogen-bond donors (Lipinski definition) is 0. The van der Waals surface area contributed by atoms with Gasteiger partial charge in [0.1, 0.15) is 11.2 Å². The highest BCUT2D eigenvalue weighted by Gasteiger charge is 2.53. The molecule has 0 saturated heterocycles. The lowest BCUT2D eigenvalue weighted by Crippen LogP contribution is -2.26. The van der Waals surface area contributed by atoms with Gasteiger partial charge in [0, 0.05) is 27.7 Å². The summed E-state index contributed by atoms with van der Waals surface area (Å²) in [5.74, 6) is 0. The number of anilines is 3. The van der Waals surface area contributed by atoms with Crippen LogP contribution in [-0.4, -0.2) is 0 Å². The molecule has 282 valence electrons. The zero-order chi connectivity index (χ0) is 39.7. The van der Waals surface area contributed by atoms with Crippen molar-refractivity contribution in [3.63, 3.8) is 0 Å². The monoisotopic (exact) mass is 765 g/mol. The van der Waals surface area contributed by atoms with E-state index < -0.39 is 5.41 Å². The zero-order valence-corrected chi connectivity index (χ0v) is 33.4. The van der Waals surface area contributed by atoms with Crippen molar-refractivity contribution in [2.75, 3.05) is 4.90 Å². The van der Waals surface area contributed by atoms with Gasteiger partial charge in [-0.15, -0.1) is 0 Å². The van der Waals surface area contributed by atoms with Gasteiger partial charge in [0.2, 0.25) is 0 Å². The van der Waals surface area contributed by atoms with Crippen molar-refractivity contribution < 1.29 is 4.42 Å². The third-order valence-electron chi connectivity index (χ3n) is 13.9. The van der Waals surface area contributed by atoms with E-state index >= 15 is 0 Å². The van der Waals surface area contributed by atoms with E-state index in [1.54, 1.807) is 0 Å². The van der Waals surface area contributed by atoms with Crippen molar-refractivity contribution in [3.8, 4) is 44.5 Å². The van der Waals surface area contributed by atoms with Crippen LogP contribution in [0.15, 0.2) is 205 Å². The molecule has 13 rings (SSSR count). The maximum absolute atomic E-state index is 7.03. The van der Waals surface area contributed by atoms with Gasteiger partial charge in [-0.3, -0.25) is 0 Å². The molecule has 1 aromatic heterocycles. The molecule has 2 heteroatoms. The summed E-state index contributed by atoms with van der Waals surface area (Å²) >= 11 is 0. The molecule has 10 aromatic rings. The number of rotatable bonds is 4. The Balaban J connectivity index is 1.21. The normalized spacial score (nSPS) is 14.4. The molecule has 0 saturated carbocycles. The van der Waals surface area contributed by atoms with Gasteiger partial charge in [0.15, 0.2) is 0 Å². The lowest BCUT2D eigenvalue weighted by molar-refractivity contribution is 0.660. The second-order valence-corrected chi connectivity index (χ2v) is 17.2. The molecule has 0 unspecified atom stereocenters. The SMILES string of the molecule is CC1(C)c2ccccc2-c2ccc(N(c3ccccc3)c3c4c(cc5oc6ccccc6c35)C3(c5ccccc5-c5ccccc53)c3cc(-c5ccccc5)ccc3-4)cc21. The van der Waals surface area contributed by atoms with Gasteiger partial charge in [0.25, 0.3) is 0 Å². The van der Waals surface area contributed by atoms with Crippen LogP contribution in [0.1, 0.15) is 47.2 Å². The Hall–Kier alpha value is -7.42. The molecule has 0 bridgehead atoms. The standard InChI is InChI=1S/C58H39NO/c1-57(2)46-25-13-9-21-40(46)43-32-30-39(34-49(43)57)59(38-19-7-4-8-20-38)56-54-44-31-29-37(36-17-5-3-6-18-36)33-50(44)58(47-26-14-10-22-41(47)42-23-11-15-27-48(42)58)51(54)35-53-55(56)45-24-12-16-28-52(45)60-53/h3-35H,1-2H3. The van der Waals surface area contributed by atoms with Crippen LogP contribution in [-0.2, 0) is 10.8 Å². The quantitative estimate of drug-likeness (QED) is 0.177. The Bertz CT molecular complexity index is 3360. The van der Waals surface area contributed by atoms with Crippen molar-refractivity contribution in [1.82, 2.24) is 0 Å². The summed E-state index contributed by atoms with van der Waals surface area (Å²) in [6.45, 7) is 4.74. The fourth-order valence-corrected chi connectivity index (χ4v) is 11.3. The molecule has 0 amide bonds. The van der Waals surface area contributed by atoms with Crippen LogP contribution >= 0.6 is 0 Å². The fourth-order valence-electron chi connectivity index (χ4n) is 11.3. The van der Waals surface area contributed by atoms with Crippen LogP contribution in [0.3, 0.4) is 0 Å². The van der Waals surface area contributed by atoms with Crippen molar-refractivity contribution in [3.05, 3.63) is 234 Å². The van der Waals surface area contributed by atoms with E-state index in [9.17, 15) is 0 Å². The predicted octanol–water partition coefficient (Wildman–Crippen LogP) is 15.4. The summed E-state index contributed by atoms with van der Waals surface area (Å²) in [4.78, 5) is 2.53. The van der Waals surface area contributed by atoms with Crippen LogP contribution < -0.4 is 4.90 Å². The summed E-state index contributed by atoms with van der Waals surface area (Å²) in [6.07, 6.45) is 0. The molecule has 3 aliphatic carbocycles. The molecule has 2 nitrogen and oxygen atoms in total. The fraction of sp³-hybridized carbons (Fsp3) is 0.0690. The summed E-state index contributed by atoms with van der Waals surface area (Å²) < 4.78 is 7.03. The topological polar surface area (TPSA) is 16.4 Å². The molecule has 0 atom stereocenters. The van der Waals surface area contributed by atoms with Crippen molar-refractivity contribution in [1.29, 1.82) is 0 Å². The van der Waals surface area contributed by atoms with Gasteiger partial charge in [0.05, 0.1) is 16.5 Å². The number of hydrogen-bond acceptors (Lipinski definition) is 2. The average Bonchev–Trinajstić information content (AvgIpc) is 3.99. The maximum atomic E-state index is 7.03. The second-order valence-electron chi connectivity index (χ2n) is 17.2. The largest absolute Gasteiger partial charge is 0.456 e. The number of furan rings is 1. The highest BCUT2D eigenvalue weighted by molar-refractivity contribution is 6.20. The summed E-state index contributed by atoms with van der Waals surface area (Å²) in [6, 6.07) is 74.1. The first kappa shape index (κ1) is 33.5. The van der Waals surface area contributed by atoms with Crippen molar-refractivity contribution in [2.45, 2.75) is 24.7 Å². The predicted molar refractivity (Wildman–Crippen MR) is 248 cm³/mol. The number of benzene rings is 9. The molecule has 0 aliphatic heterocycles. The molecule has 0 N–H and O–H groups in total. The molecular weight excluding hydrogens is 727 g/mol. The molecule has 1 heterocycles. The van der Waals surface area contributed by atoms with Crippen LogP contribution in [0.5, 0.6) is 0 Å². The Kier molecular flexibility index (Phi) is 6.74. The van der Waals surface area contributed by atoms with Crippen LogP contribution in [0, 0.1) is 0 Å². The Labute approximate surface area is 349 Å². The number of para-hydroxylation sites is 2. The molecule has 60 heavy (non-hydrogen) atoms. The van der Waals surface area contributed by atoms with E-state index in [0.717, 1.165) is 39.0 Å². The molecule has 9 aromatic carbocycles. The first-order chi connectivity index (χ1) is 29.5. The second kappa shape index (κ2) is 12.1. The van der Waals surface area contributed by atoms with Crippen LogP contribution in [0.2, 0.25) is 0 Å². The van der Waals surface area contributed by atoms with Gasteiger partial charge in [-0.25, -0.2) is 0 Å². The van der Waals surface area contributed by atoms with Crippen LogP contribution in [0.4, 0.5) is 17.1 Å². The lowest BCUT2D eigenvalue weighted by Gasteiger charge is -2.32. The minimum Gasteiger partial charge on any atom is -0.456 e. The first-order valence-corrected chi connectivity index (χ1v) is 21.0. The van der Waals surface area contributed by atoms with Crippen molar-refractivity contribution in [2.24, 2.45) is 0 Å². The van der Waals surface area contributed by atoms with Gasteiger partial charge in [-0.2, -0.15) is 0 Å². The highest BCUT2D eigenvalue weighted by Crippen LogP contribution is 2.67. The minimum atomic E-state index is -0.589.